The summed E-state index contributed by atoms with van der Waals surface area (Å²) in [6, 6.07) is 16.6. The molecule has 0 aliphatic rings. The molecule has 0 radical (unpaired) electrons. The summed E-state index contributed by atoms with van der Waals surface area (Å²) in [6.45, 7) is 1.80. The summed E-state index contributed by atoms with van der Waals surface area (Å²) in [5.41, 5.74) is 3.04. The second-order valence-electron chi connectivity index (χ2n) is 6.60. The third-order valence-electron chi connectivity index (χ3n) is 4.40. The van der Waals surface area contributed by atoms with E-state index in [-0.39, 0.29) is 28.7 Å². The van der Waals surface area contributed by atoms with Crippen LogP contribution in [0.1, 0.15) is 16.7 Å². The lowest BCUT2D eigenvalue weighted by Crippen LogP contribution is -2.39. The molecule has 0 aliphatic carbocycles. The van der Waals surface area contributed by atoms with Crippen LogP contribution >= 0.6 is 12.2 Å². The number of nitrogens with zero attached hydrogens (tertiary/aromatic N) is 2. The highest BCUT2D eigenvalue weighted by atomic mass is 32.1. The van der Waals surface area contributed by atoms with Gasteiger partial charge < -0.3 is 15.5 Å². The maximum absolute atomic E-state index is 11.0. The van der Waals surface area contributed by atoms with E-state index < -0.39 is 4.92 Å². The van der Waals surface area contributed by atoms with E-state index in [1.54, 1.807) is 29.1 Å². The Morgan fingerprint density at radius 1 is 1.13 bits per heavy atom. The van der Waals surface area contributed by atoms with E-state index in [2.05, 4.69) is 5.32 Å². The minimum absolute atomic E-state index is 0.0802. The summed E-state index contributed by atoms with van der Waals surface area (Å²) in [5.74, 6) is -0.158. The number of hydrogen-bond acceptors (Lipinski definition) is 5. The van der Waals surface area contributed by atoms with Gasteiger partial charge in [-0.25, -0.2) is 0 Å². The van der Waals surface area contributed by atoms with Gasteiger partial charge in [-0.15, -0.1) is 0 Å². The van der Waals surface area contributed by atoms with Crippen LogP contribution in [0.3, 0.4) is 0 Å². The average molecular weight is 422 g/mol. The van der Waals surface area contributed by atoms with Gasteiger partial charge in [-0.1, -0.05) is 29.9 Å². The molecular formula is C22H20N3O4S+. The number of nitrogens with one attached hydrogen (secondary N) is 1. The van der Waals surface area contributed by atoms with Crippen molar-refractivity contribution in [2.24, 2.45) is 0 Å². The van der Waals surface area contributed by atoms with Crippen molar-refractivity contribution in [3.63, 3.8) is 0 Å². The number of anilines is 1. The number of nitro benzene ring substituents is 1. The van der Waals surface area contributed by atoms with Gasteiger partial charge >= 0.3 is 0 Å². The van der Waals surface area contributed by atoms with Crippen molar-refractivity contribution in [1.82, 2.24) is 0 Å². The Kier molecular flexibility index (Phi) is 6.51. The highest BCUT2D eigenvalue weighted by molar-refractivity contribution is 7.81. The molecule has 1 heterocycles. The molecule has 3 aromatic rings. The first-order chi connectivity index (χ1) is 14.4. The molecule has 3 rings (SSSR count). The molecule has 0 amide bonds. The quantitative estimate of drug-likeness (QED) is 0.139. The number of nitro groups is 1. The van der Waals surface area contributed by atoms with Crippen LogP contribution < -0.4 is 9.88 Å². The van der Waals surface area contributed by atoms with Gasteiger partial charge in [0.05, 0.1) is 11.5 Å². The van der Waals surface area contributed by atoms with Crippen molar-refractivity contribution in [3.05, 3.63) is 99.9 Å². The molecule has 2 aromatic carbocycles. The summed E-state index contributed by atoms with van der Waals surface area (Å²) in [6.07, 6.45) is 3.35. The van der Waals surface area contributed by atoms with Crippen molar-refractivity contribution >= 4 is 40.0 Å². The van der Waals surface area contributed by atoms with E-state index in [1.807, 2.05) is 31.2 Å². The maximum Gasteiger partial charge on any atom is 0.288 e. The average Bonchev–Trinajstić information content (AvgIpc) is 2.75. The molecule has 0 fully saturated rings. The minimum atomic E-state index is -0.505. The zero-order chi connectivity index (χ0) is 21.7. The first-order valence-electron chi connectivity index (χ1n) is 9.06. The summed E-state index contributed by atoms with van der Waals surface area (Å²) in [7, 11) is 0. The molecule has 0 saturated heterocycles. The molecule has 3 N–H and O–H groups in total. The van der Waals surface area contributed by atoms with Crippen molar-refractivity contribution in [2.45, 2.75) is 13.5 Å². The minimum Gasteiger partial charge on any atom is -0.502 e. The SMILES string of the molecule is Cc1ccc(NC(=S)/C(=C(\O)c2ccc([N+](=O)[O-])cc2)[n+]2cccc(CO)c2)cc1. The highest BCUT2D eigenvalue weighted by Crippen LogP contribution is 2.22. The zero-order valence-corrected chi connectivity index (χ0v) is 17.0. The normalized spacial score (nSPS) is 11.5. The predicted molar refractivity (Wildman–Crippen MR) is 119 cm³/mol. The number of aryl methyl sites for hydroxylation is 1. The van der Waals surface area contributed by atoms with Crippen LogP contribution in [-0.2, 0) is 6.61 Å². The molecule has 30 heavy (non-hydrogen) atoms. The van der Waals surface area contributed by atoms with Crippen LogP contribution in [0.4, 0.5) is 11.4 Å². The number of benzene rings is 2. The van der Waals surface area contributed by atoms with Crippen LogP contribution in [0.25, 0.3) is 11.5 Å². The molecule has 7 nitrogen and oxygen atoms in total. The van der Waals surface area contributed by atoms with E-state index in [0.717, 1.165) is 11.3 Å². The van der Waals surface area contributed by atoms with E-state index in [0.29, 0.717) is 11.1 Å². The van der Waals surface area contributed by atoms with Gasteiger partial charge in [0, 0.05) is 35.0 Å². The second kappa shape index (κ2) is 9.25. The summed E-state index contributed by atoms with van der Waals surface area (Å²) in [5, 5.41) is 34.5. The smallest absolute Gasteiger partial charge is 0.288 e. The molecule has 0 bridgehead atoms. The fourth-order valence-electron chi connectivity index (χ4n) is 2.81. The van der Waals surface area contributed by atoms with Gasteiger partial charge in [-0.3, -0.25) is 10.1 Å². The number of thiocarbonyl (C=S) groups is 1. The standard InChI is InChI=1S/C22H19N3O4S/c1-15-4-8-18(9-5-15)23-22(30)20(24-12-2-3-16(13-24)14-26)21(27)17-6-10-19(11-7-17)25(28)29/h2-13,26H,14H2,1H3,(H-,23,27,30)/p+1. The van der Waals surface area contributed by atoms with Crippen molar-refractivity contribution in [2.75, 3.05) is 5.32 Å². The van der Waals surface area contributed by atoms with E-state index in [4.69, 9.17) is 12.2 Å². The van der Waals surface area contributed by atoms with Gasteiger partial charge in [0.2, 0.25) is 0 Å². The third-order valence-corrected chi connectivity index (χ3v) is 4.70. The van der Waals surface area contributed by atoms with Crippen LogP contribution in [-0.4, -0.2) is 20.1 Å². The second-order valence-corrected chi connectivity index (χ2v) is 7.01. The van der Waals surface area contributed by atoms with Gasteiger partial charge in [0.1, 0.15) is 0 Å². The molecule has 0 saturated carbocycles. The van der Waals surface area contributed by atoms with Crippen molar-refractivity contribution < 1.29 is 19.7 Å². The Morgan fingerprint density at radius 2 is 1.80 bits per heavy atom. The van der Waals surface area contributed by atoms with Gasteiger partial charge in [0.25, 0.3) is 11.4 Å². The third kappa shape index (κ3) is 4.86. The first-order valence-corrected chi connectivity index (χ1v) is 9.47. The van der Waals surface area contributed by atoms with Crippen LogP contribution in [0.15, 0.2) is 73.1 Å². The number of aliphatic hydroxyl groups excluding tert-OH is 2. The van der Waals surface area contributed by atoms with Crippen molar-refractivity contribution in [1.29, 1.82) is 0 Å². The van der Waals surface area contributed by atoms with E-state index >= 15 is 0 Å². The number of non-ortho nitro benzene ring substituents is 1. The van der Waals surface area contributed by atoms with Gasteiger partial charge in [0.15, 0.2) is 23.1 Å². The van der Waals surface area contributed by atoms with Crippen molar-refractivity contribution in [3.8, 4) is 0 Å². The largest absolute Gasteiger partial charge is 0.502 e. The Hall–Kier alpha value is -3.62. The van der Waals surface area contributed by atoms with Gasteiger partial charge in [-0.2, -0.15) is 4.57 Å². The topological polar surface area (TPSA) is 99.5 Å². The van der Waals surface area contributed by atoms with E-state index in [9.17, 15) is 20.3 Å². The van der Waals surface area contributed by atoms with Crippen LogP contribution in [0.2, 0.25) is 0 Å². The monoisotopic (exact) mass is 422 g/mol. The molecule has 1 aromatic heterocycles. The summed E-state index contributed by atoms with van der Waals surface area (Å²) < 4.78 is 1.60. The lowest BCUT2D eigenvalue weighted by Gasteiger charge is -2.11. The van der Waals surface area contributed by atoms with Crippen LogP contribution in [0, 0.1) is 17.0 Å². The Bertz CT molecular complexity index is 1110. The molecule has 0 atom stereocenters. The lowest BCUT2D eigenvalue weighted by molar-refractivity contribution is -0.576. The fourth-order valence-corrected chi connectivity index (χ4v) is 3.13. The first kappa shape index (κ1) is 21.1. The zero-order valence-electron chi connectivity index (χ0n) is 16.1. The van der Waals surface area contributed by atoms with Gasteiger partial charge in [-0.05, 0) is 37.3 Å². The molecule has 8 heteroatoms. The van der Waals surface area contributed by atoms with Crippen LogP contribution in [0.5, 0.6) is 0 Å². The molecule has 0 aliphatic heterocycles. The number of aliphatic hydroxyl groups is 2. The summed E-state index contributed by atoms with van der Waals surface area (Å²) in [4.78, 5) is 10.7. The Labute approximate surface area is 178 Å². The summed E-state index contributed by atoms with van der Waals surface area (Å²) >= 11 is 5.57. The Morgan fingerprint density at radius 3 is 2.40 bits per heavy atom. The highest BCUT2D eigenvalue weighted by Gasteiger charge is 2.24. The lowest BCUT2D eigenvalue weighted by atomic mass is 10.1. The number of hydrogen-bond donors (Lipinski definition) is 3. The predicted octanol–water partition coefficient (Wildman–Crippen LogP) is 4.01. The number of rotatable bonds is 6. The molecule has 0 unspecified atom stereocenters. The fraction of sp³-hybridized carbons (Fsp3) is 0.0909. The number of aromatic nitrogens is 1. The Balaban J connectivity index is 2.07. The molecular weight excluding hydrogens is 402 g/mol. The number of pyridine rings is 1. The molecule has 152 valence electrons. The van der Waals surface area contributed by atoms with E-state index in [1.165, 1.54) is 24.3 Å². The maximum atomic E-state index is 11.0. The molecule has 0 spiro atoms.